The highest BCUT2D eigenvalue weighted by Crippen LogP contribution is 2.33. The predicted molar refractivity (Wildman–Crippen MR) is 115 cm³/mol. The summed E-state index contributed by atoms with van der Waals surface area (Å²) in [5, 5.41) is 28.7. The van der Waals surface area contributed by atoms with E-state index in [2.05, 4.69) is 10.4 Å². The van der Waals surface area contributed by atoms with Crippen LogP contribution in [-0.2, 0) is 11.3 Å². The van der Waals surface area contributed by atoms with Crippen molar-refractivity contribution >= 4 is 34.7 Å². The van der Waals surface area contributed by atoms with E-state index in [0.717, 1.165) is 16.7 Å². The molecule has 0 aliphatic carbocycles. The maximum absolute atomic E-state index is 12.6. The summed E-state index contributed by atoms with van der Waals surface area (Å²) in [6.07, 6.45) is 2.35. The van der Waals surface area contributed by atoms with E-state index in [0.29, 0.717) is 10.6 Å². The first kappa shape index (κ1) is 22.0. The number of nitrogens with one attached hydrogen (secondary N) is 1. The van der Waals surface area contributed by atoms with Gasteiger partial charge in [-0.1, -0.05) is 36.4 Å². The highest BCUT2D eigenvalue weighted by Gasteiger charge is 2.18. The van der Waals surface area contributed by atoms with Crippen molar-refractivity contribution in [3.8, 4) is 0 Å². The molecule has 0 unspecified atom stereocenters. The van der Waals surface area contributed by atoms with E-state index < -0.39 is 15.8 Å². The van der Waals surface area contributed by atoms with Crippen molar-refractivity contribution < 1.29 is 14.6 Å². The summed E-state index contributed by atoms with van der Waals surface area (Å²) < 4.78 is 1.31. The molecule has 0 aliphatic rings. The molecule has 1 N–H and O–H groups in total. The maximum atomic E-state index is 12.6. The largest absolute Gasteiger partial charge is 0.326 e. The molecule has 0 bridgehead atoms. The summed E-state index contributed by atoms with van der Waals surface area (Å²) in [5.74, 6) is -0.961. The van der Waals surface area contributed by atoms with E-state index in [9.17, 15) is 25.0 Å². The summed E-state index contributed by atoms with van der Waals surface area (Å²) in [4.78, 5) is 35.1. The van der Waals surface area contributed by atoms with Crippen LogP contribution in [0.4, 0.5) is 17.1 Å². The molecule has 1 aromatic heterocycles. The van der Waals surface area contributed by atoms with Crippen molar-refractivity contribution in [2.24, 2.45) is 5.92 Å². The molecule has 3 aromatic rings. The Balaban J connectivity index is 1.74. The molecule has 1 atom stereocenters. The minimum atomic E-state index is -0.577. The molecular formula is C20H19N5O5S. The molecule has 0 saturated heterocycles. The van der Waals surface area contributed by atoms with Crippen molar-refractivity contribution in [2.45, 2.75) is 30.2 Å². The summed E-state index contributed by atoms with van der Waals surface area (Å²) in [6.45, 7) is 3.74. The zero-order valence-electron chi connectivity index (χ0n) is 16.7. The Morgan fingerprint density at radius 1 is 1.10 bits per heavy atom. The number of hydrogen-bond donors (Lipinski definition) is 1. The molecule has 10 nitrogen and oxygen atoms in total. The standard InChI is InChI=1S/C20H19N5O5S/c1-13-3-5-18(6-4-13)31-19-8-15(7-16(9-19)24(27)28)22-20(26)14(2)11-23-12-17(10-21-23)25(29)30/h3-10,12,14H,11H2,1-2H3,(H,22,26)/t14-/m1/s1. The van der Waals surface area contributed by atoms with Gasteiger partial charge >= 0.3 is 5.69 Å². The highest BCUT2D eigenvalue weighted by atomic mass is 32.2. The second-order valence-corrected chi connectivity index (χ2v) is 8.10. The van der Waals surface area contributed by atoms with E-state index in [1.54, 1.807) is 13.0 Å². The quantitative estimate of drug-likeness (QED) is 0.404. The Labute approximate surface area is 181 Å². The zero-order valence-corrected chi connectivity index (χ0v) is 17.5. The molecular weight excluding hydrogens is 422 g/mol. The van der Waals surface area contributed by atoms with Crippen LogP contribution in [0.2, 0.25) is 0 Å². The average Bonchev–Trinajstić information content (AvgIpc) is 3.18. The molecule has 0 radical (unpaired) electrons. The number of anilines is 1. The van der Waals surface area contributed by atoms with Crippen molar-refractivity contribution in [2.75, 3.05) is 5.32 Å². The first-order valence-electron chi connectivity index (χ1n) is 9.23. The SMILES string of the molecule is Cc1ccc(Sc2cc(NC(=O)[C@H](C)Cn3cc([N+](=O)[O-])cn3)cc([N+](=O)[O-])c2)cc1. The summed E-state index contributed by atoms with van der Waals surface area (Å²) in [7, 11) is 0. The lowest BCUT2D eigenvalue weighted by Gasteiger charge is -2.13. The van der Waals surface area contributed by atoms with Gasteiger partial charge in [-0.3, -0.25) is 29.7 Å². The van der Waals surface area contributed by atoms with Gasteiger partial charge in [0.2, 0.25) is 5.91 Å². The number of benzene rings is 2. The fourth-order valence-corrected chi connectivity index (χ4v) is 3.65. The number of non-ortho nitro benzene ring substituents is 1. The Morgan fingerprint density at radius 2 is 1.77 bits per heavy atom. The fourth-order valence-electron chi connectivity index (χ4n) is 2.74. The molecule has 0 fully saturated rings. The van der Waals surface area contributed by atoms with Gasteiger partial charge in [-0.25, -0.2) is 0 Å². The lowest BCUT2D eigenvalue weighted by molar-refractivity contribution is -0.385. The van der Waals surface area contributed by atoms with Gasteiger partial charge in [-0.05, 0) is 25.1 Å². The third kappa shape index (κ3) is 5.89. The number of amides is 1. The molecule has 31 heavy (non-hydrogen) atoms. The van der Waals surface area contributed by atoms with Crippen LogP contribution >= 0.6 is 11.8 Å². The van der Waals surface area contributed by atoms with Crippen molar-refractivity contribution in [1.29, 1.82) is 0 Å². The highest BCUT2D eigenvalue weighted by molar-refractivity contribution is 7.99. The number of nitrogens with zero attached hydrogens (tertiary/aromatic N) is 4. The van der Waals surface area contributed by atoms with E-state index in [4.69, 9.17) is 0 Å². The van der Waals surface area contributed by atoms with Gasteiger partial charge in [-0.2, -0.15) is 5.10 Å². The van der Waals surface area contributed by atoms with Gasteiger partial charge in [0.05, 0.1) is 22.3 Å². The van der Waals surface area contributed by atoms with Gasteiger partial charge in [-0.15, -0.1) is 0 Å². The molecule has 3 rings (SSSR count). The topological polar surface area (TPSA) is 133 Å². The molecule has 160 valence electrons. The predicted octanol–water partition coefficient (Wildman–Crippen LogP) is 4.43. The van der Waals surface area contributed by atoms with Crippen LogP contribution in [0.1, 0.15) is 12.5 Å². The monoisotopic (exact) mass is 441 g/mol. The van der Waals surface area contributed by atoms with Crippen molar-refractivity contribution in [1.82, 2.24) is 9.78 Å². The third-order valence-corrected chi connectivity index (χ3v) is 5.34. The summed E-state index contributed by atoms with van der Waals surface area (Å²) in [6, 6.07) is 12.1. The Kier molecular flexibility index (Phi) is 6.65. The summed E-state index contributed by atoms with van der Waals surface area (Å²) >= 11 is 1.35. The number of hydrogen-bond acceptors (Lipinski definition) is 7. The number of aryl methyl sites for hydroxylation is 1. The normalized spacial score (nSPS) is 11.7. The van der Waals surface area contributed by atoms with Crippen LogP contribution in [0.15, 0.2) is 64.6 Å². The third-order valence-electron chi connectivity index (χ3n) is 4.37. The van der Waals surface area contributed by atoms with Gasteiger partial charge < -0.3 is 5.32 Å². The van der Waals surface area contributed by atoms with Gasteiger partial charge in [0.1, 0.15) is 12.4 Å². The summed E-state index contributed by atoms with van der Waals surface area (Å²) in [5.41, 5.74) is 1.10. The first-order chi connectivity index (χ1) is 14.7. The number of carbonyl (C=O) groups excluding carboxylic acids is 1. The Hall–Kier alpha value is -3.73. The molecule has 0 spiro atoms. The minimum absolute atomic E-state index is 0.125. The molecule has 1 heterocycles. The average molecular weight is 441 g/mol. The van der Waals surface area contributed by atoms with Crippen LogP contribution in [0.3, 0.4) is 0 Å². The van der Waals surface area contributed by atoms with E-state index in [-0.39, 0.29) is 23.8 Å². The number of rotatable bonds is 8. The Morgan fingerprint density at radius 3 is 2.39 bits per heavy atom. The van der Waals surface area contributed by atoms with Gasteiger partial charge in [0.25, 0.3) is 5.69 Å². The lowest BCUT2D eigenvalue weighted by Crippen LogP contribution is -2.24. The molecule has 0 aliphatic heterocycles. The smallest absolute Gasteiger partial charge is 0.306 e. The molecule has 11 heteroatoms. The second kappa shape index (κ2) is 9.39. The van der Waals surface area contributed by atoms with Crippen LogP contribution < -0.4 is 5.32 Å². The van der Waals surface area contributed by atoms with Gasteiger partial charge in [0, 0.05) is 27.6 Å². The van der Waals surface area contributed by atoms with Crippen molar-refractivity contribution in [3.05, 3.63) is 80.7 Å². The fraction of sp³-hybridized carbons (Fsp3) is 0.200. The van der Waals surface area contributed by atoms with Crippen LogP contribution in [0.25, 0.3) is 0 Å². The van der Waals surface area contributed by atoms with Crippen LogP contribution in [0, 0.1) is 33.1 Å². The molecule has 2 aromatic carbocycles. The lowest BCUT2D eigenvalue weighted by atomic mass is 10.1. The number of nitro groups is 2. The minimum Gasteiger partial charge on any atom is -0.326 e. The van der Waals surface area contributed by atoms with Crippen LogP contribution in [0.5, 0.6) is 0 Å². The first-order valence-corrected chi connectivity index (χ1v) is 10.0. The maximum Gasteiger partial charge on any atom is 0.306 e. The Bertz CT molecular complexity index is 1130. The van der Waals surface area contributed by atoms with Crippen LogP contribution in [-0.4, -0.2) is 25.5 Å². The van der Waals surface area contributed by atoms with E-state index >= 15 is 0 Å². The number of nitro benzene ring substituents is 1. The van der Waals surface area contributed by atoms with Crippen molar-refractivity contribution in [3.63, 3.8) is 0 Å². The van der Waals surface area contributed by atoms with Gasteiger partial charge in [0.15, 0.2) is 0 Å². The van der Waals surface area contributed by atoms with E-state index in [1.807, 2.05) is 31.2 Å². The molecule has 1 amide bonds. The number of carbonyl (C=O) groups is 1. The second-order valence-electron chi connectivity index (χ2n) is 6.96. The van der Waals surface area contributed by atoms with E-state index in [1.165, 1.54) is 34.8 Å². The molecule has 0 saturated carbocycles. The zero-order chi connectivity index (χ0) is 22.5. The number of aromatic nitrogens is 2.